The summed E-state index contributed by atoms with van der Waals surface area (Å²) in [5.41, 5.74) is 0.952. The van der Waals surface area contributed by atoms with Crippen LogP contribution in [0.3, 0.4) is 0 Å². The lowest BCUT2D eigenvalue weighted by atomic mass is 10.2. The number of rotatable bonds is 6. The Kier molecular flexibility index (Phi) is 4.13. The van der Waals surface area contributed by atoms with Gasteiger partial charge in [-0.2, -0.15) is 0 Å². The van der Waals surface area contributed by atoms with Gasteiger partial charge in [0.2, 0.25) is 10.0 Å². The standard InChI is InChI=1S/C13H20N2O3S/c1-15(2)19(16,17)13-8-10(4-7-12(13)18-3)9-14-11-5-6-11/h4,7-8,11,14H,5-6,9H2,1-3H3. The molecule has 106 valence electrons. The molecule has 0 unspecified atom stereocenters. The second-order valence-electron chi connectivity index (χ2n) is 4.93. The van der Waals surface area contributed by atoms with Gasteiger partial charge in [0.25, 0.3) is 0 Å². The molecule has 0 radical (unpaired) electrons. The number of benzene rings is 1. The van der Waals surface area contributed by atoms with Crippen LogP contribution in [0.4, 0.5) is 0 Å². The summed E-state index contributed by atoms with van der Waals surface area (Å²) < 4.78 is 30.8. The lowest BCUT2D eigenvalue weighted by Crippen LogP contribution is -2.23. The van der Waals surface area contributed by atoms with Crippen molar-refractivity contribution in [3.8, 4) is 5.75 Å². The zero-order chi connectivity index (χ0) is 14.0. The van der Waals surface area contributed by atoms with E-state index in [1.807, 2.05) is 6.07 Å². The molecule has 1 aromatic carbocycles. The molecule has 1 fully saturated rings. The predicted molar refractivity (Wildman–Crippen MR) is 73.7 cm³/mol. The number of ether oxygens (including phenoxy) is 1. The maximum absolute atomic E-state index is 12.2. The summed E-state index contributed by atoms with van der Waals surface area (Å²) >= 11 is 0. The van der Waals surface area contributed by atoms with Gasteiger partial charge < -0.3 is 10.1 Å². The Hall–Kier alpha value is -1.11. The Morgan fingerprint density at radius 3 is 2.58 bits per heavy atom. The van der Waals surface area contributed by atoms with Crippen LogP contribution in [0.5, 0.6) is 5.75 Å². The van der Waals surface area contributed by atoms with Crippen LogP contribution in [0, 0.1) is 0 Å². The molecule has 0 atom stereocenters. The minimum Gasteiger partial charge on any atom is -0.495 e. The smallest absolute Gasteiger partial charge is 0.246 e. The van der Waals surface area contributed by atoms with Crippen LogP contribution in [0.1, 0.15) is 18.4 Å². The summed E-state index contributed by atoms with van der Waals surface area (Å²) in [6, 6.07) is 5.88. The molecule has 0 saturated heterocycles. The number of sulfonamides is 1. The van der Waals surface area contributed by atoms with Gasteiger partial charge in [0.1, 0.15) is 10.6 Å². The highest BCUT2D eigenvalue weighted by Gasteiger charge is 2.23. The minimum absolute atomic E-state index is 0.218. The second-order valence-corrected chi connectivity index (χ2v) is 7.05. The van der Waals surface area contributed by atoms with E-state index in [-0.39, 0.29) is 4.90 Å². The Balaban J connectivity index is 2.30. The zero-order valence-corrected chi connectivity index (χ0v) is 12.3. The number of hydrogen-bond acceptors (Lipinski definition) is 4. The first-order chi connectivity index (χ1) is 8.95. The third-order valence-electron chi connectivity index (χ3n) is 3.16. The van der Waals surface area contributed by atoms with E-state index in [1.54, 1.807) is 12.1 Å². The van der Waals surface area contributed by atoms with Crippen LogP contribution >= 0.6 is 0 Å². The van der Waals surface area contributed by atoms with E-state index in [9.17, 15) is 8.42 Å². The van der Waals surface area contributed by atoms with Crippen LogP contribution in [0.2, 0.25) is 0 Å². The molecule has 2 rings (SSSR count). The van der Waals surface area contributed by atoms with Crippen molar-refractivity contribution < 1.29 is 13.2 Å². The highest BCUT2D eigenvalue weighted by molar-refractivity contribution is 7.89. The van der Waals surface area contributed by atoms with E-state index in [2.05, 4.69) is 5.32 Å². The van der Waals surface area contributed by atoms with Crippen LogP contribution in [0.25, 0.3) is 0 Å². The highest BCUT2D eigenvalue weighted by atomic mass is 32.2. The molecule has 0 aromatic heterocycles. The van der Waals surface area contributed by atoms with Gasteiger partial charge in [-0.1, -0.05) is 6.07 Å². The molecule has 0 amide bonds. The number of methoxy groups -OCH3 is 1. The van der Waals surface area contributed by atoms with E-state index < -0.39 is 10.0 Å². The molecule has 0 spiro atoms. The van der Waals surface area contributed by atoms with Gasteiger partial charge in [-0.05, 0) is 30.5 Å². The summed E-state index contributed by atoms with van der Waals surface area (Å²) in [5, 5.41) is 3.37. The van der Waals surface area contributed by atoms with Crippen LogP contribution in [-0.2, 0) is 16.6 Å². The fraction of sp³-hybridized carbons (Fsp3) is 0.538. The Morgan fingerprint density at radius 2 is 2.05 bits per heavy atom. The molecular formula is C13H20N2O3S. The number of nitrogens with one attached hydrogen (secondary N) is 1. The van der Waals surface area contributed by atoms with Crippen molar-refractivity contribution in [2.75, 3.05) is 21.2 Å². The molecule has 1 aromatic rings. The van der Waals surface area contributed by atoms with Crippen molar-refractivity contribution in [3.63, 3.8) is 0 Å². The minimum atomic E-state index is -3.48. The van der Waals surface area contributed by atoms with Gasteiger partial charge in [-0.15, -0.1) is 0 Å². The molecule has 0 aliphatic heterocycles. The number of nitrogens with zero attached hydrogens (tertiary/aromatic N) is 1. The van der Waals surface area contributed by atoms with Crippen molar-refractivity contribution in [2.24, 2.45) is 0 Å². The molecule has 1 aliphatic rings. The maximum Gasteiger partial charge on any atom is 0.246 e. The molecule has 5 nitrogen and oxygen atoms in total. The molecule has 1 aliphatic carbocycles. The third kappa shape index (κ3) is 3.26. The lowest BCUT2D eigenvalue weighted by Gasteiger charge is -2.15. The van der Waals surface area contributed by atoms with Crippen LogP contribution < -0.4 is 10.1 Å². The monoisotopic (exact) mass is 284 g/mol. The van der Waals surface area contributed by atoms with Crippen molar-refractivity contribution in [1.82, 2.24) is 9.62 Å². The molecule has 6 heteroatoms. The highest BCUT2D eigenvalue weighted by Crippen LogP contribution is 2.27. The predicted octanol–water partition coefficient (Wildman–Crippen LogP) is 1.20. The Morgan fingerprint density at radius 1 is 1.37 bits per heavy atom. The normalized spacial score (nSPS) is 15.8. The SMILES string of the molecule is COc1ccc(CNC2CC2)cc1S(=O)(=O)N(C)C. The molecule has 1 saturated carbocycles. The average Bonchev–Trinajstić information content (AvgIpc) is 3.19. The molecule has 19 heavy (non-hydrogen) atoms. The van der Waals surface area contributed by atoms with Crippen LogP contribution in [0.15, 0.2) is 23.1 Å². The van der Waals surface area contributed by atoms with Crippen molar-refractivity contribution in [3.05, 3.63) is 23.8 Å². The van der Waals surface area contributed by atoms with Crippen molar-refractivity contribution in [2.45, 2.75) is 30.3 Å². The molecule has 0 bridgehead atoms. The summed E-state index contributed by atoms with van der Waals surface area (Å²) in [6.45, 7) is 0.685. The third-order valence-corrected chi connectivity index (χ3v) is 5.00. The first kappa shape index (κ1) is 14.3. The average molecular weight is 284 g/mol. The maximum atomic E-state index is 12.2. The largest absolute Gasteiger partial charge is 0.495 e. The van der Waals surface area contributed by atoms with Gasteiger partial charge in [0, 0.05) is 26.7 Å². The van der Waals surface area contributed by atoms with E-state index in [0.717, 1.165) is 5.56 Å². The Bertz CT molecular complexity index is 551. The van der Waals surface area contributed by atoms with Crippen molar-refractivity contribution in [1.29, 1.82) is 0 Å². The van der Waals surface area contributed by atoms with Gasteiger partial charge in [0.05, 0.1) is 7.11 Å². The van der Waals surface area contributed by atoms with Gasteiger partial charge >= 0.3 is 0 Å². The fourth-order valence-corrected chi connectivity index (χ4v) is 2.88. The Labute approximate surface area is 114 Å². The van der Waals surface area contributed by atoms with Gasteiger partial charge in [-0.3, -0.25) is 0 Å². The zero-order valence-electron chi connectivity index (χ0n) is 11.5. The van der Waals surface area contributed by atoms with Crippen molar-refractivity contribution >= 4 is 10.0 Å². The topological polar surface area (TPSA) is 58.6 Å². The molecule has 1 N–H and O–H groups in total. The van der Waals surface area contributed by atoms with Crippen LogP contribution in [-0.4, -0.2) is 40.0 Å². The first-order valence-corrected chi connectivity index (χ1v) is 7.72. The van der Waals surface area contributed by atoms with Gasteiger partial charge in [0.15, 0.2) is 0 Å². The lowest BCUT2D eigenvalue weighted by molar-refractivity contribution is 0.400. The molecular weight excluding hydrogens is 264 g/mol. The molecule has 0 heterocycles. The van der Waals surface area contributed by atoms with E-state index in [1.165, 1.54) is 38.4 Å². The number of hydrogen-bond donors (Lipinski definition) is 1. The quantitative estimate of drug-likeness (QED) is 0.852. The summed E-state index contributed by atoms with van der Waals surface area (Å²) in [6.07, 6.45) is 2.41. The second kappa shape index (κ2) is 5.48. The summed E-state index contributed by atoms with van der Waals surface area (Å²) in [4.78, 5) is 0.218. The van der Waals surface area contributed by atoms with Gasteiger partial charge in [-0.25, -0.2) is 12.7 Å². The van der Waals surface area contributed by atoms with E-state index in [0.29, 0.717) is 18.3 Å². The fourth-order valence-electron chi connectivity index (χ4n) is 1.78. The first-order valence-electron chi connectivity index (χ1n) is 6.28. The summed E-state index contributed by atoms with van der Waals surface area (Å²) in [5.74, 6) is 0.379. The van der Waals surface area contributed by atoms with E-state index >= 15 is 0 Å². The van der Waals surface area contributed by atoms with E-state index in [4.69, 9.17) is 4.74 Å². The summed E-state index contributed by atoms with van der Waals surface area (Å²) in [7, 11) is 1.03.